The van der Waals surface area contributed by atoms with Crippen molar-refractivity contribution in [2.75, 3.05) is 0 Å². The van der Waals surface area contributed by atoms with E-state index in [-0.39, 0.29) is 72.9 Å². The zero-order valence-electron chi connectivity index (χ0n) is 2.71. The van der Waals surface area contributed by atoms with Crippen molar-refractivity contribution >= 4 is 56.4 Å². The molecule has 0 fully saturated rings. The molecule has 0 aromatic rings. The Hall–Kier alpha value is 1.58. The Balaban J connectivity index is 0. The standard InChI is InChI=1S/3H2O.Si.Sr/h3*1H2;;. The van der Waals surface area contributed by atoms with E-state index >= 15 is 0 Å². The number of hydrogen-bond donors (Lipinski definition) is 0. The van der Waals surface area contributed by atoms with Crippen LogP contribution >= 0.6 is 0 Å². The van der Waals surface area contributed by atoms with Crippen LogP contribution in [0.3, 0.4) is 0 Å². The first-order chi connectivity index (χ1) is 0. The van der Waals surface area contributed by atoms with Gasteiger partial charge < -0.3 is 16.4 Å². The summed E-state index contributed by atoms with van der Waals surface area (Å²) in [4.78, 5) is 0. The molecular weight excluding hydrogens is 164 g/mol. The van der Waals surface area contributed by atoms with E-state index in [1.807, 2.05) is 0 Å². The van der Waals surface area contributed by atoms with Crippen LogP contribution < -0.4 is 0 Å². The predicted molar refractivity (Wildman–Crippen MR) is 22.3 cm³/mol. The molecule has 6 N–H and O–H groups in total. The van der Waals surface area contributed by atoms with E-state index < -0.39 is 0 Å². The minimum atomic E-state index is 0. The van der Waals surface area contributed by atoms with Crippen LogP contribution in [0.15, 0.2) is 0 Å². The molecule has 0 aliphatic carbocycles. The molecule has 3 nitrogen and oxygen atoms in total. The summed E-state index contributed by atoms with van der Waals surface area (Å²) in [5.74, 6) is 0. The molecule has 0 rings (SSSR count). The Morgan fingerprint density at radius 1 is 0.600 bits per heavy atom. The van der Waals surface area contributed by atoms with Gasteiger partial charge in [-0.3, -0.25) is 0 Å². The minimum absolute atomic E-state index is 0. The van der Waals surface area contributed by atoms with Gasteiger partial charge in [0.15, 0.2) is 0 Å². The molecule has 5 heteroatoms. The van der Waals surface area contributed by atoms with Gasteiger partial charge in [0, 0.05) is 56.4 Å². The van der Waals surface area contributed by atoms with E-state index in [9.17, 15) is 0 Å². The van der Waals surface area contributed by atoms with Crippen LogP contribution in [-0.2, 0) is 0 Å². The van der Waals surface area contributed by atoms with E-state index in [0.29, 0.717) is 0 Å². The second kappa shape index (κ2) is 47.0. The van der Waals surface area contributed by atoms with Crippen LogP contribution in [0.4, 0.5) is 0 Å². The third-order valence-corrected chi connectivity index (χ3v) is 0. The Morgan fingerprint density at radius 3 is 0.600 bits per heavy atom. The summed E-state index contributed by atoms with van der Waals surface area (Å²) in [7, 11) is 0. The Labute approximate surface area is 72.0 Å². The maximum absolute atomic E-state index is 0. The molecule has 0 spiro atoms. The van der Waals surface area contributed by atoms with Crippen LogP contribution in [0.2, 0.25) is 0 Å². The molecular formula is H6O3SiSr. The second-order valence-corrected chi connectivity index (χ2v) is 0. The van der Waals surface area contributed by atoms with Crippen molar-refractivity contribution in [1.29, 1.82) is 0 Å². The van der Waals surface area contributed by atoms with Crippen LogP contribution in [-0.4, -0.2) is 72.9 Å². The van der Waals surface area contributed by atoms with E-state index in [2.05, 4.69) is 0 Å². The quantitative estimate of drug-likeness (QED) is 0.341. The molecule has 0 atom stereocenters. The van der Waals surface area contributed by atoms with E-state index in [1.165, 1.54) is 0 Å². The summed E-state index contributed by atoms with van der Waals surface area (Å²) in [5, 5.41) is 0. The van der Waals surface area contributed by atoms with Gasteiger partial charge >= 0.3 is 0 Å². The summed E-state index contributed by atoms with van der Waals surface area (Å²) in [5.41, 5.74) is 0. The maximum Gasteiger partial charge on any atom is 0 e. The SMILES string of the molecule is O.O.O.[Si].[Sr]. The zero-order chi connectivity index (χ0) is 0. The Bertz CT molecular complexity index is 6.85. The van der Waals surface area contributed by atoms with Crippen LogP contribution in [0.25, 0.3) is 0 Å². The first-order valence-corrected chi connectivity index (χ1v) is 0. The van der Waals surface area contributed by atoms with Gasteiger partial charge in [0.05, 0.1) is 0 Å². The molecule has 0 saturated heterocycles. The van der Waals surface area contributed by atoms with Gasteiger partial charge in [-0.05, 0) is 0 Å². The van der Waals surface area contributed by atoms with Crippen molar-refractivity contribution < 1.29 is 16.4 Å². The van der Waals surface area contributed by atoms with Gasteiger partial charge in [-0.2, -0.15) is 0 Å². The molecule has 0 unspecified atom stereocenters. The fraction of sp³-hybridized carbons (Fsp3) is 0. The third-order valence-electron chi connectivity index (χ3n) is 0. The molecule has 0 saturated carbocycles. The molecule has 0 aromatic carbocycles. The van der Waals surface area contributed by atoms with Crippen molar-refractivity contribution in [2.24, 2.45) is 0 Å². The fourth-order valence-corrected chi connectivity index (χ4v) is 0. The van der Waals surface area contributed by atoms with Crippen molar-refractivity contribution in [1.82, 2.24) is 0 Å². The number of hydrogen-bond acceptors (Lipinski definition) is 0. The second-order valence-electron chi connectivity index (χ2n) is 0. The van der Waals surface area contributed by atoms with Crippen LogP contribution in [0, 0.1) is 0 Å². The van der Waals surface area contributed by atoms with Gasteiger partial charge in [-0.1, -0.05) is 0 Å². The first kappa shape index (κ1) is 82.2. The topological polar surface area (TPSA) is 94.5 Å². The van der Waals surface area contributed by atoms with E-state index in [4.69, 9.17) is 0 Å². The van der Waals surface area contributed by atoms with Crippen molar-refractivity contribution in [3.63, 3.8) is 0 Å². The summed E-state index contributed by atoms with van der Waals surface area (Å²) in [6.45, 7) is 0. The minimum Gasteiger partial charge on any atom is -0.412 e. The molecule has 0 heterocycles. The summed E-state index contributed by atoms with van der Waals surface area (Å²) in [6.07, 6.45) is 0. The van der Waals surface area contributed by atoms with Gasteiger partial charge in [-0.15, -0.1) is 0 Å². The third kappa shape index (κ3) is 28.7. The summed E-state index contributed by atoms with van der Waals surface area (Å²) < 4.78 is 0. The fourth-order valence-electron chi connectivity index (χ4n) is 0. The van der Waals surface area contributed by atoms with E-state index in [0.717, 1.165) is 0 Å². The molecule has 6 radical (unpaired) electrons. The van der Waals surface area contributed by atoms with Gasteiger partial charge in [0.2, 0.25) is 0 Å². The normalized spacial score (nSPS) is 0. The zero-order valence-corrected chi connectivity index (χ0v) is 7.18. The van der Waals surface area contributed by atoms with E-state index in [1.54, 1.807) is 0 Å². The molecule has 0 aliphatic heterocycles. The molecule has 0 amide bonds. The van der Waals surface area contributed by atoms with Gasteiger partial charge in [0.1, 0.15) is 0 Å². The maximum atomic E-state index is 0. The predicted octanol–water partition coefficient (Wildman–Crippen LogP) is -3.24. The van der Waals surface area contributed by atoms with Gasteiger partial charge in [-0.25, -0.2) is 0 Å². The average molecular weight is 170 g/mol. The molecule has 0 aliphatic rings. The first-order valence-electron chi connectivity index (χ1n) is 0. The average Bonchev–Trinajstić information content (AvgIpc) is 0. The van der Waals surface area contributed by atoms with Crippen LogP contribution in [0.5, 0.6) is 0 Å². The molecule has 30 valence electrons. The largest absolute Gasteiger partial charge is 0.412 e. The Morgan fingerprint density at radius 2 is 0.600 bits per heavy atom. The van der Waals surface area contributed by atoms with Crippen molar-refractivity contribution in [2.45, 2.75) is 0 Å². The monoisotopic (exact) mass is 170 g/mol. The molecule has 0 bridgehead atoms. The molecule has 0 aromatic heterocycles. The Kier molecular flexibility index (Phi) is 772. The van der Waals surface area contributed by atoms with Crippen molar-refractivity contribution in [3.8, 4) is 0 Å². The summed E-state index contributed by atoms with van der Waals surface area (Å²) in [6, 6.07) is 0. The van der Waals surface area contributed by atoms with Crippen molar-refractivity contribution in [3.05, 3.63) is 0 Å². The number of rotatable bonds is 0. The molecule has 5 heavy (non-hydrogen) atoms. The van der Waals surface area contributed by atoms with Crippen LogP contribution in [0.1, 0.15) is 0 Å². The van der Waals surface area contributed by atoms with Gasteiger partial charge in [0.25, 0.3) is 0 Å². The smallest absolute Gasteiger partial charge is 0 e. The summed E-state index contributed by atoms with van der Waals surface area (Å²) >= 11 is 0.